The Morgan fingerprint density at radius 3 is 2.21 bits per heavy atom. The molecule has 3 aromatic carbocycles. The minimum absolute atomic E-state index is 0.353. The van der Waals surface area contributed by atoms with E-state index < -0.39 is 11.6 Å². The number of fused-ring (bicyclic) bond motifs is 1. The molecule has 1 aliphatic rings. The quantitative estimate of drug-likeness (QED) is 0.399. The third-order valence-electron chi connectivity index (χ3n) is 6.67. The molecule has 3 aromatic rings. The fourth-order valence-electron chi connectivity index (χ4n) is 4.91. The summed E-state index contributed by atoms with van der Waals surface area (Å²) in [6.45, 7) is 2.29. The second-order valence-electron chi connectivity index (χ2n) is 8.66. The molecule has 1 fully saturated rings. The van der Waals surface area contributed by atoms with Crippen LogP contribution in [0.25, 0.3) is 10.8 Å². The van der Waals surface area contributed by atoms with E-state index in [1.54, 1.807) is 12.1 Å². The average Bonchev–Trinajstić information content (AvgIpc) is 2.76. The normalized spacial score (nSPS) is 19.6. The van der Waals surface area contributed by atoms with Crippen molar-refractivity contribution in [3.63, 3.8) is 0 Å². The Balaban J connectivity index is 1.36. The van der Waals surface area contributed by atoms with Crippen LogP contribution in [-0.4, -0.2) is 0 Å². The zero-order valence-corrected chi connectivity index (χ0v) is 17.3. The smallest absolute Gasteiger partial charge is 0.166 e. The highest BCUT2D eigenvalue weighted by Gasteiger charge is 2.21. The molecule has 0 unspecified atom stereocenters. The van der Waals surface area contributed by atoms with Crippen LogP contribution in [0.4, 0.5) is 8.78 Å². The van der Waals surface area contributed by atoms with Gasteiger partial charge in [0.15, 0.2) is 11.6 Å². The van der Waals surface area contributed by atoms with Crippen LogP contribution in [0.15, 0.2) is 54.6 Å². The lowest BCUT2D eigenvalue weighted by atomic mass is 9.77. The summed E-state index contributed by atoms with van der Waals surface area (Å²) in [7, 11) is 0. The van der Waals surface area contributed by atoms with Gasteiger partial charge in [0.05, 0.1) is 0 Å². The van der Waals surface area contributed by atoms with Crippen molar-refractivity contribution in [1.29, 1.82) is 0 Å². The van der Waals surface area contributed by atoms with Crippen molar-refractivity contribution in [2.24, 2.45) is 5.92 Å². The number of halogens is 2. The molecule has 1 saturated carbocycles. The van der Waals surface area contributed by atoms with Crippen molar-refractivity contribution in [2.75, 3.05) is 0 Å². The summed E-state index contributed by atoms with van der Waals surface area (Å²) in [5, 5.41) is 1.11. The van der Waals surface area contributed by atoms with Crippen LogP contribution >= 0.6 is 0 Å². The highest BCUT2D eigenvalue weighted by Crippen LogP contribution is 2.37. The topological polar surface area (TPSA) is 0 Å². The number of benzene rings is 3. The third kappa shape index (κ3) is 4.69. The number of aryl methyl sites for hydroxylation is 2. The van der Waals surface area contributed by atoms with Crippen LogP contribution in [0, 0.1) is 17.6 Å². The Hall–Kier alpha value is -2.22. The summed E-state index contributed by atoms with van der Waals surface area (Å²) in [6, 6.07) is 17.6. The second kappa shape index (κ2) is 9.07. The molecule has 29 heavy (non-hydrogen) atoms. The van der Waals surface area contributed by atoms with E-state index in [0.717, 1.165) is 35.6 Å². The number of rotatable bonds is 6. The summed E-state index contributed by atoms with van der Waals surface area (Å²) in [6.07, 6.45) is 9.99. The first kappa shape index (κ1) is 20.1. The van der Waals surface area contributed by atoms with E-state index in [0.29, 0.717) is 5.39 Å². The Morgan fingerprint density at radius 1 is 0.793 bits per heavy atom. The predicted molar refractivity (Wildman–Crippen MR) is 117 cm³/mol. The van der Waals surface area contributed by atoms with Gasteiger partial charge in [0.25, 0.3) is 0 Å². The lowest BCUT2D eigenvalue weighted by molar-refractivity contribution is 0.308. The van der Waals surface area contributed by atoms with Gasteiger partial charge in [0.1, 0.15) is 0 Å². The summed E-state index contributed by atoms with van der Waals surface area (Å²) in [4.78, 5) is 0. The van der Waals surface area contributed by atoms with E-state index in [2.05, 4.69) is 31.2 Å². The van der Waals surface area contributed by atoms with Crippen LogP contribution < -0.4 is 0 Å². The van der Waals surface area contributed by atoms with Crippen LogP contribution in [0.3, 0.4) is 0 Å². The van der Waals surface area contributed by atoms with Crippen molar-refractivity contribution in [1.82, 2.24) is 0 Å². The summed E-state index contributed by atoms with van der Waals surface area (Å²) < 4.78 is 27.2. The Bertz CT molecular complexity index is 950. The molecular formula is C27H30F2. The Kier molecular flexibility index (Phi) is 6.28. The van der Waals surface area contributed by atoms with Gasteiger partial charge in [-0.25, -0.2) is 8.78 Å². The van der Waals surface area contributed by atoms with Crippen molar-refractivity contribution in [3.05, 3.63) is 82.9 Å². The van der Waals surface area contributed by atoms with E-state index in [4.69, 9.17) is 0 Å². The first-order valence-corrected chi connectivity index (χ1v) is 11.1. The summed E-state index contributed by atoms with van der Waals surface area (Å²) >= 11 is 0. The van der Waals surface area contributed by atoms with Gasteiger partial charge in [-0.3, -0.25) is 0 Å². The van der Waals surface area contributed by atoms with Gasteiger partial charge >= 0.3 is 0 Å². The largest absolute Gasteiger partial charge is 0.204 e. The maximum absolute atomic E-state index is 13.9. The van der Waals surface area contributed by atoms with E-state index in [1.165, 1.54) is 55.7 Å². The fraction of sp³-hybridized carbons (Fsp3) is 0.407. The molecule has 0 heterocycles. The monoisotopic (exact) mass is 392 g/mol. The second-order valence-corrected chi connectivity index (χ2v) is 8.66. The van der Waals surface area contributed by atoms with E-state index in [9.17, 15) is 8.78 Å². The van der Waals surface area contributed by atoms with Gasteiger partial charge in [0.2, 0.25) is 0 Å². The van der Waals surface area contributed by atoms with Crippen LogP contribution in [0.5, 0.6) is 0 Å². The van der Waals surface area contributed by atoms with Gasteiger partial charge in [-0.15, -0.1) is 0 Å². The molecule has 0 spiro atoms. The summed E-state index contributed by atoms with van der Waals surface area (Å²) in [5.41, 5.74) is 3.98. The van der Waals surface area contributed by atoms with Crippen LogP contribution in [0.1, 0.15) is 68.1 Å². The third-order valence-corrected chi connectivity index (χ3v) is 6.67. The minimum Gasteiger partial charge on any atom is -0.204 e. The molecule has 1 aliphatic carbocycles. The average molecular weight is 393 g/mol. The molecule has 2 heteroatoms. The minimum atomic E-state index is -0.788. The maximum Gasteiger partial charge on any atom is 0.166 e. The molecular weight excluding hydrogens is 362 g/mol. The maximum atomic E-state index is 13.9. The first-order chi connectivity index (χ1) is 14.1. The Labute approximate surface area is 173 Å². The highest BCUT2D eigenvalue weighted by atomic mass is 19.2. The van der Waals surface area contributed by atoms with Crippen molar-refractivity contribution in [2.45, 2.75) is 64.2 Å². The van der Waals surface area contributed by atoms with Crippen LogP contribution in [0.2, 0.25) is 0 Å². The molecule has 4 rings (SSSR count). The highest BCUT2D eigenvalue weighted by molar-refractivity contribution is 5.83. The predicted octanol–water partition coefficient (Wildman–Crippen LogP) is 7.98. The fourth-order valence-corrected chi connectivity index (χ4v) is 4.91. The molecule has 0 atom stereocenters. The standard InChI is InChI=1S/C27H30F2/c1-2-3-19-6-11-22(12-7-19)23-13-8-20(9-14-23)4-5-21-10-16-25-24(18-21)15-17-26(28)27(25)29/h8-10,13-19,22H,2-7,11-12H2,1H3. The number of hydrogen-bond donors (Lipinski definition) is 0. The molecule has 0 radical (unpaired) electrons. The van der Waals surface area contributed by atoms with E-state index in [1.807, 2.05) is 12.1 Å². The lowest BCUT2D eigenvalue weighted by Crippen LogP contribution is -2.13. The number of hydrogen-bond acceptors (Lipinski definition) is 0. The molecule has 0 aromatic heterocycles. The van der Waals surface area contributed by atoms with Gasteiger partial charge in [-0.05, 0) is 78.5 Å². The van der Waals surface area contributed by atoms with Crippen molar-refractivity contribution >= 4 is 10.8 Å². The van der Waals surface area contributed by atoms with E-state index in [-0.39, 0.29) is 0 Å². The zero-order chi connectivity index (χ0) is 20.2. The molecule has 0 saturated heterocycles. The van der Waals surface area contributed by atoms with Gasteiger partial charge < -0.3 is 0 Å². The zero-order valence-electron chi connectivity index (χ0n) is 17.3. The molecule has 0 nitrogen and oxygen atoms in total. The van der Waals surface area contributed by atoms with Crippen molar-refractivity contribution in [3.8, 4) is 0 Å². The first-order valence-electron chi connectivity index (χ1n) is 11.1. The van der Waals surface area contributed by atoms with Gasteiger partial charge in [-0.1, -0.05) is 68.3 Å². The van der Waals surface area contributed by atoms with Crippen molar-refractivity contribution < 1.29 is 8.78 Å². The Morgan fingerprint density at radius 2 is 1.48 bits per heavy atom. The van der Waals surface area contributed by atoms with Crippen LogP contribution in [-0.2, 0) is 12.8 Å². The molecule has 0 aliphatic heterocycles. The lowest BCUT2D eigenvalue weighted by Gasteiger charge is -2.28. The molecule has 0 amide bonds. The SMILES string of the molecule is CCCC1CCC(c2ccc(CCc3ccc4c(F)c(F)ccc4c3)cc2)CC1. The van der Waals surface area contributed by atoms with Gasteiger partial charge in [0, 0.05) is 5.39 Å². The van der Waals surface area contributed by atoms with Gasteiger partial charge in [-0.2, -0.15) is 0 Å². The molecule has 0 N–H and O–H groups in total. The molecule has 0 bridgehead atoms. The molecule has 152 valence electrons. The van der Waals surface area contributed by atoms with E-state index >= 15 is 0 Å². The summed E-state index contributed by atoms with van der Waals surface area (Å²) in [5.74, 6) is 0.132.